The summed E-state index contributed by atoms with van der Waals surface area (Å²) in [6.45, 7) is 8.12. The Kier molecular flexibility index (Phi) is 15.1. The van der Waals surface area contributed by atoms with E-state index in [1.807, 2.05) is 90.6 Å². The van der Waals surface area contributed by atoms with E-state index in [4.69, 9.17) is 32.7 Å². The number of piperidine rings is 1. The molecule has 1 saturated heterocycles. The second-order valence-corrected chi connectivity index (χ2v) is 17.4. The molecule has 318 valence electrons. The van der Waals surface area contributed by atoms with E-state index in [1.54, 1.807) is 48.0 Å². The van der Waals surface area contributed by atoms with Crippen molar-refractivity contribution in [1.82, 2.24) is 34.9 Å². The maximum absolute atomic E-state index is 14.2. The van der Waals surface area contributed by atoms with Gasteiger partial charge in [0.15, 0.2) is 0 Å². The van der Waals surface area contributed by atoms with Crippen molar-refractivity contribution in [3.63, 3.8) is 0 Å². The first-order chi connectivity index (χ1) is 27.9. The fraction of sp³-hybridized carbons (Fsp3) is 0.455. The molecule has 3 aromatic carbocycles. The number of hydrogen-bond donors (Lipinski definition) is 3. The number of amides is 3. The first-order valence-electron chi connectivity index (χ1n) is 19.7. The maximum atomic E-state index is 14.2. The van der Waals surface area contributed by atoms with E-state index in [0.29, 0.717) is 47.4 Å². The smallest absolute Gasteiger partial charge is 0.410 e. The van der Waals surface area contributed by atoms with Gasteiger partial charge in [0.25, 0.3) is 0 Å². The number of nitrogens with zero attached hydrogens (tertiary/aromatic N) is 5. The summed E-state index contributed by atoms with van der Waals surface area (Å²) in [6.07, 6.45) is 3.01. The SMILES string of the molecule is C[C@H](NCc1ccc(Cl)cc1Oc1ccc(-c2cnc(CN(C)C)n2C)cc1)C(=O)N[C@@H](CO)C(=O)N(C)[C@@]1(Cc2ccc(Cl)cc2)CCCN(C(=O)OC(C)(C)C)C1. The molecule has 0 unspecified atom stereocenters. The van der Waals surface area contributed by atoms with Gasteiger partial charge in [-0.3, -0.25) is 9.59 Å². The standard InChI is InChI=1S/C44H57Cl2N7O6/c1-29(47-24-32-12-17-34(46)22-38(32)58-35-18-13-31(14-19-35)37-25-48-39(51(37)7)26-50(5)6)40(55)49-36(27-54)41(56)52(8)44(23-30-10-15-33(45)16-11-30)20-9-21-53(28-44)42(57)59-43(2,3)4/h10-19,22,25,29,36,47,54H,9,20-21,23-24,26-28H2,1-8H3,(H,49,55)/t29-,36-,44+/m0/s1. The van der Waals surface area contributed by atoms with Crippen molar-refractivity contribution in [2.75, 3.05) is 40.8 Å². The summed E-state index contributed by atoms with van der Waals surface area (Å²) >= 11 is 12.6. The molecule has 15 heteroatoms. The molecule has 1 aliphatic heterocycles. The van der Waals surface area contributed by atoms with Crippen molar-refractivity contribution in [1.29, 1.82) is 0 Å². The molecule has 3 amide bonds. The summed E-state index contributed by atoms with van der Waals surface area (Å²) in [7, 11) is 7.67. The first-order valence-corrected chi connectivity index (χ1v) is 20.5. The molecule has 5 rings (SSSR count). The van der Waals surface area contributed by atoms with Gasteiger partial charge in [0.05, 0.1) is 36.6 Å². The number of halogens is 2. The number of likely N-dealkylation sites (N-methyl/N-ethyl adjacent to an activating group) is 1. The third-order valence-electron chi connectivity index (χ3n) is 10.4. The molecular weight excluding hydrogens is 793 g/mol. The molecule has 59 heavy (non-hydrogen) atoms. The summed E-state index contributed by atoms with van der Waals surface area (Å²) in [4.78, 5) is 50.9. The van der Waals surface area contributed by atoms with Crippen LogP contribution >= 0.6 is 23.2 Å². The number of aliphatic hydroxyl groups excluding tert-OH is 1. The van der Waals surface area contributed by atoms with Gasteiger partial charge >= 0.3 is 6.09 Å². The van der Waals surface area contributed by atoms with E-state index < -0.39 is 47.7 Å². The highest BCUT2D eigenvalue weighted by atomic mass is 35.5. The summed E-state index contributed by atoms with van der Waals surface area (Å²) in [5.74, 6) is 1.12. The average molecular weight is 851 g/mol. The summed E-state index contributed by atoms with van der Waals surface area (Å²) in [6, 6.07) is 18.4. The predicted octanol–water partition coefficient (Wildman–Crippen LogP) is 6.67. The molecule has 0 aliphatic carbocycles. The Labute approximate surface area is 357 Å². The van der Waals surface area contributed by atoms with Crippen LogP contribution in [0.3, 0.4) is 0 Å². The number of likely N-dealkylation sites (tertiary alicyclic amines) is 1. The van der Waals surface area contributed by atoms with E-state index in [2.05, 4.69) is 25.1 Å². The minimum atomic E-state index is -1.24. The highest BCUT2D eigenvalue weighted by Gasteiger charge is 2.45. The van der Waals surface area contributed by atoms with Crippen molar-refractivity contribution in [2.24, 2.45) is 7.05 Å². The maximum Gasteiger partial charge on any atom is 0.410 e. The highest BCUT2D eigenvalue weighted by molar-refractivity contribution is 6.31. The van der Waals surface area contributed by atoms with E-state index >= 15 is 0 Å². The van der Waals surface area contributed by atoms with Crippen LogP contribution < -0.4 is 15.4 Å². The van der Waals surface area contributed by atoms with Crippen molar-refractivity contribution in [3.05, 3.63) is 99.9 Å². The zero-order valence-electron chi connectivity index (χ0n) is 35.2. The number of imidazole rings is 1. The lowest BCUT2D eigenvalue weighted by molar-refractivity contribution is -0.143. The predicted molar refractivity (Wildman–Crippen MR) is 231 cm³/mol. The number of carbonyl (C=O) groups excluding carboxylic acids is 3. The number of benzene rings is 3. The molecular formula is C44H57Cl2N7O6. The molecule has 0 spiro atoms. The van der Waals surface area contributed by atoms with E-state index in [9.17, 15) is 19.5 Å². The Morgan fingerprint density at radius 2 is 1.68 bits per heavy atom. The minimum Gasteiger partial charge on any atom is -0.457 e. The first kappa shape index (κ1) is 45.4. The number of hydrogen-bond acceptors (Lipinski definition) is 9. The number of carbonyl (C=O) groups is 3. The summed E-state index contributed by atoms with van der Waals surface area (Å²) in [5, 5.41) is 17.5. The van der Waals surface area contributed by atoms with Crippen LogP contribution in [0.15, 0.2) is 72.9 Å². The Balaban J connectivity index is 1.25. The van der Waals surface area contributed by atoms with Crippen molar-refractivity contribution >= 4 is 41.1 Å². The van der Waals surface area contributed by atoms with Crippen LogP contribution in [0.25, 0.3) is 11.3 Å². The number of ether oxygens (including phenoxy) is 2. The van der Waals surface area contributed by atoms with Crippen LogP contribution in [-0.2, 0) is 40.9 Å². The van der Waals surface area contributed by atoms with Gasteiger partial charge in [-0.15, -0.1) is 0 Å². The van der Waals surface area contributed by atoms with E-state index in [-0.39, 0.29) is 13.1 Å². The summed E-state index contributed by atoms with van der Waals surface area (Å²) < 4.78 is 14.1. The molecule has 0 radical (unpaired) electrons. The Morgan fingerprint density at radius 1 is 1.00 bits per heavy atom. The lowest BCUT2D eigenvalue weighted by atomic mass is 9.81. The van der Waals surface area contributed by atoms with Gasteiger partial charge in [0.1, 0.15) is 29.0 Å². The van der Waals surface area contributed by atoms with Gasteiger partial charge in [0.2, 0.25) is 11.8 Å². The van der Waals surface area contributed by atoms with Gasteiger partial charge < -0.3 is 44.5 Å². The molecule has 2 heterocycles. The van der Waals surface area contributed by atoms with E-state index in [0.717, 1.165) is 34.8 Å². The largest absolute Gasteiger partial charge is 0.457 e. The van der Waals surface area contributed by atoms with Crippen LogP contribution in [0.4, 0.5) is 4.79 Å². The molecule has 3 atom stereocenters. The number of aliphatic hydroxyl groups is 1. The fourth-order valence-corrected chi connectivity index (χ4v) is 7.44. The van der Waals surface area contributed by atoms with Crippen molar-refractivity contribution in [2.45, 2.75) is 83.3 Å². The topological polar surface area (TPSA) is 141 Å². The third kappa shape index (κ3) is 12.0. The summed E-state index contributed by atoms with van der Waals surface area (Å²) in [5.41, 5.74) is 2.10. The normalized spacial score (nSPS) is 16.7. The van der Waals surface area contributed by atoms with Crippen molar-refractivity contribution < 1.29 is 29.0 Å². The lowest BCUT2D eigenvalue weighted by Gasteiger charge is -2.49. The zero-order chi connectivity index (χ0) is 43.1. The van der Waals surface area contributed by atoms with Crippen LogP contribution in [0.2, 0.25) is 10.0 Å². The van der Waals surface area contributed by atoms with Gasteiger partial charge in [-0.2, -0.15) is 0 Å². The monoisotopic (exact) mass is 849 g/mol. The van der Waals surface area contributed by atoms with Gasteiger partial charge in [-0.05, 0) is 115 Å². The molecule has 1 fully saturated rings. The van der Waals surface area contributed by atoms with Crippen LogP contribution in [0.5, 0.6) is 11.5 Å². The van der Waals surface area contributed by atoms with E-state index in [1.165, 1.54) is 0 Å². The van der Waals surface area contributed by atoms with Crippen molar-refractivity contribution in [3.8, 4) is 22.8 Å². The number of aromatic nitrogens is 2. The minimum absolute atomic E-state index is 0.203. The van der Waals surface area contributed by atoms with Crippen LogP contribution in [-0.4, -0.2) is 111 Å². The number of rotatable bonds is 15. The molecule has 0 bridgehead atoms. The van der Waals surface area contributed by atoms with Gasteiger partial charge in [-0.25, -0.2) is 9.78 Å². The van der Waals surface area contributed by atoms with Crippen LogP contribution in [0, 0.1) is 0 Å². The second kappa shape index (κ2) is 19.6. The highest BCUT2D eigenvalue weighted by Crippen LogP contribution is 2.34. The third-order valence-corrected chi connectivity index (χ3v) is 10.9. The number of nitrogens with one attached hydrogen (secondary N) is 2. The van der Waals surface area contributed by atoms with Gasteiger partial charge in [0, 0.05) is 54.9 Å². The Bertz CT molecular complexity index is 2070. The molecule has 13 nitrogen and oxygen atoms in total. The van der Waals surface area contributed by atoms with Crippen LogP contribution in [0.1, 0.15) is 57.5 Å². The quantitative estimate of drug-likeness (QED) is 0.120. The lowest BCUT2D eigenvalue weighted by Crippen LogP contribution is -2.65. The molecule has 1 aromatic heterocycles. The van der Waals surface area contributed by atoms with Gasteiger partial charge in [-0.1, -0.05) is 41.4 Å². The fourth-order valence-electron chi connectivity index (χ4n) is 7.15. The zero-order valence-corrected chi connectivity index (χ0v) is 36.7. The second-order valence-electron chi connectivity index (χ2n) is 16.5. The molecule has 4 aromatic rings. The average Bonchev–Trinajstić information content (AvgIpc) is 3.54. The molecule has 1 aliphatic rings. The Hall–Kier alpha value is -4.66. The molecule has 3 N–H and O–H groups in total. The molecule has 0 saturated carbocycles. The Morgan fingerprint density at radius 3 is 2.32 bits per heavy atom.